The maximum atomic E-state index is 13.2. The maximum absolute atomic E-state index is 13.2. The van der Waals surface area contributed by atoms with Gasteiger partial charge in [0, 0.05) is 31.3 Å². The first-order chi connectivity index (χ1) is 22.9. The molecule has 0 unspecified atom stereocenters. The largest absolute Gasteiger partial charge is 0.496 e. The Bertz CT molecular complexity index is 1870. The number of benzene rings is 2. The molecule has 178 valence electrons. The van der Waals surface area contributed by atoms with E-state index in [9.17, 15) is 18.0 Å². The second-order valence-corrected chi connectivity index (χ2v) is 7.97. The van der Waals surface area contributed by atoms with E-state index < -0.39 is 142 Å². The summed E-state index contributed by atoms with van der Waals surface area (Å²) in [5, 5.41) is 3.01. The summed E-state index contributed by atoms with van der Waals surface area (Å²) in [4.78, 5) is 24.3. The van der Waals surface area contributed by atoms with Gasteiger partial charge in [0.2, 0.25) is 0 Å². The van der Waals surface area contributed by atoms with E-state index in [-0.39, 0.29) is 0 Å². The highest BCUT2D eigenvalue weighted by Crippen LogP contribution is 2.22. The topological polar surface area (TPSA) is 114 Å². The predicted octanol–water partition coefficient (Wildman–Crippen LogP) is 3.64. The molecule has 0 aromatic heterocycles. The quantitative estimate of drug-likeness (QED) is 0.500. The van der Waals surface area contributed by atoms with E-state index in [0.29, 0.717) is 0 Å². The van der Waals surface area contributed by atoms with Crippen molar-refractivity contribution in [2.45, 2.75) is 49.2 Å². The molecule has 3 amide bonds. The average Bonchev–Trinajstić information content (AvgIpc) is 3.00. The van der Waals surface area contributed by atoms with E-state index in [1.165, 1.54) is 5.32 Å². The van der Waals surface area contributed by atoms with Crippen LogP contribution in [0, 0.1) is 0 Å². The molecule has 0 spiro atoms. The van der Waals surface area contributed by atoms with Gasteiger partial charge in [0.15, 0.2) is 0 Å². The van der Waals surface area contributed by atoms with Gasteiger partial charge in [0.25, 0.3) is 15.9 Å². The van der Waals surface area contributed by atoms with Gasteiger partial charge in [-0.05, 0) is 54.9 Å². The lowest BCUT2D eigenvalue weighted by Crippen LogP contribution is -2.45. The third-order valence-corrected chi connectivity index (χ3v) is 5.11. The number of sulfonamides is 1. The third-order valence-electron chi connectivity index (χ3n) is 3.73. The number of carbonyl (C=O) groups is 2. The summed E-state index contributed by atoms with van der Waals surface area (Å²) >= 11 is 5.88. The zero-order chi connectivity index (χ0) is 39.8. The second kappa shape index (κ2) is 11.4. The molecule has 8 nitrogen and oxygen atoms in total. The number of halogens is 1. The molecule has 3 rings (SSSR count). The van der Waals surface area contributed by atoms with Crippen LogP contribution in [0.5, 0.6) is 5.75 Å². The summed E-state index contributed by atoms with van der Waals surface area (Å²) in [6.45, 7) is -0.465. The molecule has 0 heterocycles. The maximum Gasteiger partial charge on any atom is 0.328 e. The summed E-state index contributed by atoms with van der Waals surface area (Å²) in [6.07, 6.45) is -20.6. The van der Waals surface area contributed by atoms with E-state index in [2.05, 4.69) is 5.32 Å². The van der Waals surface area contributed by atoms with Crippen LogP contribution in [0.2, 0.25) is 5.02 Å². The Labute approximate surface area is 224 Å². The Hall–Kier alpha value is -2.78. The second-order valence-electron chi connectivity index (χ2n) is 5.97. The normalized spacial score (nSPS) is 30.8. The summed E-state index contributed by atoms with van der Waals surface area (Å²) in [7, 11) is -4.45. The van der Waals surface area contributed by atoms with Crippen molar-refractivity contribution in [3.05, 3.63) is 58.4 Å². The number of hydrogen-bond donors (Lipinski definition) is 3. The fourth-order valence-electron chi connectivity index (χ4n) is 2.29. The van der Waals surface area contributed by atoms with Crippen molar-refractivity contribution in [2.75, 3.05) is 13.7 Å². The van der Waals surface area contributed by atoms with Gasteiger partial charge in [0.05, 0.1) is 28.5 Å². The van der Waals surface area contributed by atoms with Gasteiger partial charge in [0.1, 0.15) is 5.75 Å². The summed E-state index contributed by atoms with van der Waals surface area (Å²) < 4.78 is 177. The van der Waals surface area contributed by atoms with Crippen LogP contribution in [-0.2, 0) is 16.4 Å². The van der Waals surface area contributed by atoms with Crippen molar-refractivity contribution in [1.29, 1.82) is 0 Å². The van der Waals surface area contributed by atoms with E-state index in [1.807, 2.05) is 0 Å². The zero-order valence-electron chi connectivity index (χ0n) is 34.7. The van der Waals surface area contributed by atoms with Crippen molar-refractivity contribution in [1.82, 2.24) is 15.4 Å². The molecular weight excluding hydrogens is 466 g/mol. The molecule has 1 aliphatic rings. The monoisotopic (exact) mass is 511 g/mol. The van der Waals surface area contributed by atoms with Crippen LogP contribution in [0.25, 0.3) is 0 Å². The van der Waals surface area contributed by atoms with Crippen molar-refractivity contribution in [2.24, 2.45) is 0 Å². The van der Waals surface area contributed by atoms with Gasteiger partial charge >= 0.3 is 6.03 Å². The number of nitrogens with one attached hydrogen (secondary N) is 3. The van der Waals surface area contributed by atoms with E-state index in [0.717, 1.165) is 11.8 Å². The van der Waals surface area contributed by atoms with E-state index in [4.69, 9.17) is 41.0 Å². The number of ether oxygens (including phenoxy) is 1. The average molecular weight is 512 g/mol. The first-order valence-corrected chi connectivity index (χ1v) is 10.8. The Balaban J connectivity index is 1.93. The minimum Gasteiger partial charge on any atom is -0.496 e. The van der Waals surface area contributed by atoms with E-state index in [1.54, 1.807) is 0 Å². The SMILES string of the molecule is [2H]c1c([2H])c(OC)c(C(=O)NCCc2c([2H])c([2H])c(S(=O)(=O)NC(=O)NC3([2H])C([2H])([2H])C([2H])([2H])C([2H])([2H])C([2H])([2H])C3([2H])[2H])c([2H])c2[2H])c([2H])c1Cl. The highest BCUT2D eigenvalue weighted by molar-refractivity contribution is 7.90. The molecule has 0 atom stereocenters. The molecule has 0 aliphatic heterocycles. The molecule has 33 heavy (non-hydrogen) atoms. The van der Waals surface area contributed by atoms with E-state index >= 15 is 0 Å². The number of carbonyl (C=O) groups excluding carboxylic acids is 2. The number of amides is 3. The number of hydrogen-bond acceptors (Lipinski definition) is 5. The number of rotatable bonds is 8. The fourth-order valence-corrected chi connectivity index (χ4v) is 3.19. The van der Waals surface area contributed by atoms with Gasteiger partial charge in [-0.3, -0.25) is 4.79 Å². The lowest BCUT2D eigenvalue weighted by Gasteiger charge is -2.22. The summed E-state index contributed by atoms with van der Waals surface area (Å²) in [5.41, 5.74) is -0.983. The molecule has 0 radical (unpaired) electrons. The summed E-state index contributed by atoms with van der Waals surface area (Å²) in [6, 6.07) is -12.6. The lowest BCUT2D eigenvalue weighted by atomic mass is 9.96. The first kappa shape index (κ1) is 10.2. The molecular formula is C23H28ClN3O5S. The first-order valence-electron chi connectivity index (χ1n) is 17.9. The van der Waals surface area contributed by atoms with Crippen LogP contribution in [0.15, 0.2) is 47.2 Å². The van der Waals surface area contributed by atoms with Gasteiger partial charge in [-0.2, -0.15) is 0 Å². The molecule has 10 heteroatoms. The van der Waals surface area contributed by atoms with Crippen molar-refractivity contribution in [3.63, 3.8) is 0 Å². The Morgan fingerprint density at radius 2 is 1.88 bits per heavy atom. The van der Waals surface area contributed by atoms with Crippen LogP contribution in [0.3, 0.4) is 0 Å². The smallest absolute Gasteiger partial charge is 0.328 e. The molecule has 0 bridgehead atoms. The van der Waals surface area contributed by atoms with Crippen molar-refractivity contribution < 1.29 is 47.4 Å². The molecule has 3 N–H and O–H groups in total. The predicted molar refractivity (Wildman–Crippen MR) is 126 cm³/mol. The minimum absolute atomic E-state index is 0.451. The Morgan fingerprint density at radius 1 is 1.18 bits per heavy atom. The van der Waals surface area contributed by atoms with Crippen LogP contribution in [0.1, 0.15) is 72.5 Å². The van der Waals surface area contributed by atoms with Crippen LogP contribution >= 0.6 is 11.6 Å². The molecule has 1 saturated carbocycles. The van der Waals surface area contributed by atoms with Crippen LogP contribution < -0.4 is 20.1 Å². The van der Waals surface area contributed by atoms with Crippen LogP contribution in [0.4, 0.5) is 4.79 Å². The minimum atomic E-state index is -5.53. The molecule has 1 fully saturated rings. The van der Waals surface area contributed by atoms with Crippen LogP contribution in [-0.4, -0.2) is 40.0 Å². The standard InChI is InChI=1S/C23H28ClN3O5S/c1-32-21-12-9-17(24)15-20(21)22(28)25-14-13-16-7-10-19(11-8-16)33(30,31)27-23(29)26-18-5-3-2-4-6-18/h7-12,15,18H,2-6,13-14H2,1H3,(H,25,28)(H2,26,27,29)/i2D2,3D2,4D2,5D2,6D2,7D,8D,9D,10D,11D,12D,15D,18D. The molecule has 2 aromatic rings. The van der Waals surface area contributed by atoms with Crippen molar-refractivity contribution in [3.8, 4) is 5.75 Å². The molecule has 0 saturated heterocycles. The highest BCUT2D eigenvalue weighted by atomic mass is 35.5. The van der Waals surface area contributed by atoms with Gasteiger partial charge in [-0.25, -0.2) is 17.9 Å². The van der Waals surface area contributed by atoms with Gasteiger partial charge in [-0.15, -0.1) is 0 Å². The lowest BCUT2D eigenvalue weighted by molar-refractivity contribution is 0.0951. The Kier molecular flexibility index (Phi) is 3.53. The number of methoxy groups -OCH3 is 1. The highest BCUT2D eigenvalue weighted by Gasteiger charge is 2.21. The number of urea groups is 1. The fraction of sp³-hybridized carbons (Fsp3) is 0.391. The van der Waals surface area contributed by atoms with Crippen molar-refractivity contribution >= 4 is 33.6 Å². The molecule has 1 aliphatic carbocycles. The summed E-state index contributed by atoms with van der Waals surface area (Å²) in [5.74, 6) is -1.49. The zero-order valence-corrected chi connectivity index (χ0v) is 18.3. The third kappa shape index (κ3) is 7.10. The van der Waals surface area contributed by atoms with Gasteiger partial charge < -0.3 is 15.4 Å². The Morgan fingerprint density at radius 3 is 2.55 bits per heavy atom. The molecule has 2 aromatic carbocycles. The van der Waals surface area contributed by atoms with Gasteiger partial charge in [-0.1, -0.05) is 42.8 Å².